The molecule has 0 bridgehead atoms. The first-order valence-corrected chi connectivity index (χ1v) is 9.36. The van der Waals surface area contributed by atoms with Crippen LogP contribution in [0.4, 0.5) is 0 Å². The average Bonchev–Trinajstić information content (AvgIpc) is 2.91. The Morgan fingerprint density at radius 3 is 2.67 bits per heavy atom. The lowest BCUT2D eigenvalue weighted by molar-refractivity contribution is 0.0605. The summed E-state index contributed by atoms with van der Waals surface area (Å²) >= 11 is 7.25. The number of piperidine rings is 1. The van der Waals surface area contributed by atoms with E-state index in [1.54, 1.807) is 29.6 Å². The maximum atomic E-state index is 12.7. The number of fused-ring (bicyclic) bond motifs is 1. The summed E-state index contributed by atoms with van der Waals surface area (Å²) in [5.41, 5.74) is 0. The summed E-state index contributed by atoms with van der Waals surface area (Å²) in [6.07, 6.45) is 1.65. The number of nitrogens with zero attached hydrogens (tertiary/aromatic N) is 1. The third-order valence-corrected chi connectivity index (χ3v) is 7.48. The second-order valence-corrected chi connectivity index (χ2v) is 8.77. The molecule has 1 aromatic heterocycles. The normalized spacial score (nSPS) is 18.4. The summed E-state index contributed by atoms with van der Waals surface area (Å²) in [5, 5.41) is 1.49. The molecule has 1 aromatic carbocycles. The van der Waals surface area contributed by atoms with E-state index in [0.717, 1.165) is 22.9 Å². The van der Waals surface area contributed by atoms with Crippen molar-refractivity contribution in [3.05, 3.63) is 29.3 Å². The Balaban J connectivity index is 1.90. The molecule has 1 aliphatic heterocycles. The maximum Gasteiger partial charge on any atom is 0.252 e. The molecule has 0 radical (unpaired) electrons. The van der Waals surface area contributed by atoms with Crippen molar-refractivity contribution in [3.63, 3.8) is 0 Å². The lowest BCUT2D eigenvalue weighted by Crippen LogP contribution is -2.40. The van der Waals surface area contributed by atoms with Crippen molar-refractivity contribution in [2.75, 3.05) is 20.2 Å². The standard InChI is InChI=1S/C14H16ClNO3S2/c1-19-12-4-6-16(7-5-12)21(17,18)14-9-10-8-11(15)2-3-13(10)20-14/h2-3,8-9,12H,4-7H2,1H3. The van der Waals surface area contributed by atoms with Gasteiger partial charge in [0.25, 0.3) is 10.0 Å². The topological polar surface area (TPSA) is 46.6 Å². The predicted octanol–water partition coefficient (Wildman–Crippen LogP) is 3.35. The van der Waals surface area contributed by atoms with E-state index in [2.05, 4.69) is 0 Å². The SMILES string of the molecule is COC1CCN(S(=O)(=O)c2cc3cc(Cl)ccc3s2)CC1. The Bertz CT molecular complexity index is 749. The van der Waals surface area contributed by atoms with Crippen LogP contribution in [0.25, 0.3) is 10.1 Å². The minimum absolute atomic E-state index is 0.165. The second-order valence-electron chi connectivity index (χ2n) is 5.09. The molecule has 3 rings (SSSR count). The van der Waals surface area contributed by atoms with Crippen molar-refractivity contribution in [1.29, 1.82) is 0 Å². The van der Waals surface area contributed by atoms with E-state index in [-0.39, 0.29) is 6.10 Å². The molecule has 7 heteroatoms. The summed E-state index contributed by atoms with van der Waals surface area (Å²) in [7, 11) is -1.74. The molecule has 4 nitrogen and oxygen atoms in total. The van der Waals surface area contributed by atoms with Crippen LogP contribution in [-0.2, 0) is 14.8 Å². The number of ether oxygens (including phenoxy) is 1. The highest BCUT2D eigenvalue weighted by Gasteiger charge is 2.30. The number of thiophene rings is 1. The minimum Gasteiger partial charge on any atom is -0.381 e. The van der Waals surface area contributed by atoms with Crippen LogP contribution in [0.2, 0.25) is 5.02 Å². The summed E-state index contributed by atoms with van der Waals surface area (Å²) in [6.45, 7) is 1.02. The molecule has 2 aromatic rings. The molecule has 0 unspecified atom stereocenters. The molecule has 1 fully saturated rings. The van der Waals surface area contributed by atoms with Crippen molar-refractivity contribution in [2.24, 2.45) is 0 Å². The van der Waals surface area contributed by atoms with Gasteiger partial charge in [-0.3, -0.25) is 0 Å². The first-order chi connectivity index (χ1) is 10.0. The van der Waals surface area contributed by atoms with Gasteiger partial charge >= 0.3 is 0 Å². The zero-order valence-electron chi connectivity index (χ0n) is 11.6. The smallest absolute Gasteiger partial charge is 0.252 e. The van der Waals surface area contributed by atoms with Gasteiger partial charge in [-0.15, -0.1) is 11.3 Å². The van der Waals surface area contributed by atoms with Gasteiger partial charge < -0.3 is 4.74 Å². The summed E-state index contributed by atoms with van der Waals surface area (Å²) < 4.78 is 33.6. The molecule has 0 spiro atoms. The number of sulfonamides is 1. The van der Waals surface area contributed by atoms with Crippen LogP contribution in [0.3, 0.4) is 0 Å². The van der Waals surface area contributed by atoms with E-state index >= 15 is 0 Å². The second kappa shape index (κ2) is 5.85. The molecule has 0 aliphatic carbocycles. The Morgan fingerprint density at radius 2 is 2.00 bits per heavy atom. The van der Waals surface area contributed by atoms with Crippen LogP contribution in [-0.4, -0.2) is 39.0 Å². The number of halogens is 1. The Labute approximate surface area is 133 Å². The first kappa shape index (κ1) is 15.2. The molecule has 0 amide bonds. The van der Waals surface area contributed by atoms with E-state index in [1.165, 1.54) is 11.3 Å². The van der Waals surface area contributed by atoms with E-state index in [9.17, 15) is 8.42 Å². The predicted molar refractivity (Wildman–Crippen MR) is 85.6 cm³/mol. The van der Waals surface area contributed by atoms with Crippen LogP contribution in [0, 0.1) is 0 Å². The zero-order valence-corrected chi connectivity index (χ0v) is 14.0. The molecule has 2 heterocycles. The number of rotatable bonds is 3. The minimum atomic E-state index is -3.42. The van der Waals surface area contributed by atoms with Crippen LogP contribution in [0.15, 0.2) is 28.5 Å². The quantitative estimate of drug-likeness (QED) is 0.857. The van der Waals surface area contributed by atoms with Crippen LogP contribution in [0.5, 0.6) is 0 Å². The lowest BCUT2D eigenvalue weighted by atomic mass is 10.1. The highest BCUT2D eigenvalue weighted by molar-refractivity contribution is 7.91. The largest absolute Gasteiger partial charge is 0.381 e. The zero-order chi connectivity index (χ0) is 15.0. The maximum absolute atomic E-state index is 12.7. The Morgan fingerprint density at radius 1 is 1.29 bits per heavy atom. The highest BCUT2D eigenvalue weighted by atomic mass is 35.5. The fourth-order valence-corrected chi connectivity index (χ4v) is 5.74. The fourth-order valence-electron chi connectivity index (χ4n) is 2.55. The molecule has 1 saturated heterocycles. The van der Waals surface area contributed by atoms with Gasteiger partial charge in [-0.05, 0) is 42.5 Å². The average molecular weight is 346 g/mol. The third kappa shape index (κ3) is 2.96. The molecule has 1 aliphatic rings. The molecule has 0 saturated carbocycles. The Kier molecular flexibility index (Phi) is 4.25. The summed E-state index contributed by atoms with van der Waals surface area (Å²) in [4.78, 5) is 0. The van der Waals surface area contributed by atoms with E-state index in [1.807, 2.05) is 6.07 Å². The fraction of sp³-hybridized carbons (Fsp3) is 0.429. The van der Waals surface area contributed by atoms with Crippen molar-refractivity contribution >= 4 is 43.0 Å². The third-order valence-electron chi connectivity index (χ3n) is 3.78. The number of methoxy groups -OCH3 is 1. The van der Waals surface area contributed by atoms with Gasteiger partial charge in [0.2, 0.25) is 0 Å². The number of hydrogen-bond acceptors (Lipinski definition) is 4. The van der Waals surface area contributed by atoms with Gasteiger partial charge in [0.05, 0.1) is 6.10 Å². The molecule has 114 valence electrons. The van der Waals surface area contributed by atoms with E-state index in [0.29, 0.717) is 22.3 Å². The van der Waals surface area contributed by atoms with E-state index in [4.69, 9.17) is 16.3 Å². The summed E-state index contributed by atoms with van der Waals surface area (Å²) in [6, 6.07) is 7.15. The molecule has 21 heavy (non-hydrogen) atoms. The Hall–Kier alpha value is -0.660. The first-order valence-electron chi connectivity index (χ1n) is 6.73. The van der Waals surface area contributed by atoms with Gasteiger partial charge in [0.15, 0.2) is 0 Å². The summed E-state index contributed by atoms with van der Waals surface area (Å²) in [5.74, 6) is 0. The molecular weight excluding hydrogens is 330 g/mol. The van der Waals surface area contributed by atoms with Gasteiger partial charge in [0, 0.05) is 29.9 Å². The van der Waals surface area contributed by atoms with E-state index < -0.39 is 10.0 Å². The van der Waals surface area contributed by atoms with Crippen molar-refractivity contribution in [2.45, 2.75) is 23.2 Å². The van der Waals surface area contributed by atoms with Gasteiger partial charge in [0.1, 0.15) is 4.21 Å². The van der Waals surface area contributed by atoms with Crippen LogP contribution in [0.1, 0.15) is 12.8 Å². The van der Waals surface area contributed by atoms with Gasteiger partial charge in [-0.2, -0.15) is 4.31 Å². The van der Waals surface area contributed by atoms with Crippen LogP contribution < -0.4 is 0 Å². The monoisotopic (exact) mass is 345 g/mol. The van der Waals surface area contributed by atoms with Crippen LogP contribution >= 0.6 is 22.9 Å². The molecular formula is C14H16ClNO3S2. The molecule has 0 N–H and O–H groups in total. The molecule has 0 atom stereocenters. The number of hydrogen-bond donors (Lipinski definition) is 0. The van der Waals surface area contributed by atoms with Crippen molar-refractivity contribution in [1.82, 2.24) is 4.31 Å². The highest BCUT2D eigenvalue weighted by Crippen LogP contribution is 2.33. The van der Waals surface area contributed by atoms with Crippen molar-refractivity contribution < 1.29 is 13.2 Å². The van der Waals surface area contributed by atoms with Crippen molar-refractivity contribution in [3.8, 4) is 0 Å². The number of benzene rings is 1. The lowest BCUT2D eigenvalue weighted by Gasteiger charge is -2.29. The van der Waals surface area contributed by atoms with Gasteiger partial charge in [-0.25, -0.2) is 8.42 Å². The van der Waals surface area contributed by atoms with Gasteiger partial charge in [-0.1, -0.05) is 11.6 Å².